The summed E-state index contributed by atoms with van der Waals surface area (Å²) in [6.45, 7) is 5.43. The summed E-state index contributed by atoms with van der Waals surface area (Å²) in [5.41, 5.74) is 1.05. The standard InChI is InChI=1S/C16H27N3O/c1-4-12-6-8-13(9-7-12)16(17-5-2)14-10-11-15(20-3)19-18-14/h10-13,16-17H,4-9H2,1-3H3. The van der Waals surface area contributed by atoms with Gasteiger partial charge in [0.2, 0.25) is 5.88 Å². The Morgan fingerprint density at radius 2 is 1.95 bits per heavy atom. The summed E-state index contributed by atoms with van der Waals surface area (Å²) >= 11 is 0. The van der Waals surface area contributed by atoms with Gasteiger partial charge in [0.25, 0.3) is 0 Å². The van der Waals surface area contributed by atoms with Crippen LogP contribution in [0.15, 0.2) is 12.1 Å². The molecule has 0 aliphatic heterocycles. The Bertz CT molecular complexity index is 385. The van der Waals surface area contributed by atoms with Crippen LogP contribution in [0.2, 0.25) is 0 Å². The second-order valence-electron chi connectivity index (χ2n) is 5.72. The minimum Gasteiger partial charge on any atom is -0.480 e. The summed E-state index contributed by atoms with van der Waals surface area (Å²) in [4.78, 5) is 0. The summed E-state index contributed by atoms with van der Waals surface area (Å²) in [5.74, 6) is 2.19. The van der Waals surface area contributed by atoms with Crippen molar-refractivity contribution in [2.75, 3.05) is 13.7 Å². The molecule has 1 aromatic heterocycles. The van der Waals surface area contributed by atoms with Crippen LogP contribution < -0.4 is 10.1 Å². The van der Waals surface area contributed by atoms with Gasteiger partial charge in [-0.05, 0) is 37.3 Å². The summed E-state index contributed by atoms with van der Waals surface area (Å²) in [6, 6.07) is 4.28. The van der Waals surface area contributed by atoms with E-state index in [1.165, 1.54) is 32.1 Å². The van der Waals surface area contributed by atoms with Crippen LogP contribution in [-0.2, 0) is 0 Å². The second-order valence-corrected chi connectivity index (χ2v) is 5.72. The Balaban J connectivity index is 2.06. The monoisotopic (exact) mass is 277 g/mol. The Morgan fingerprint density at radius 3 is 2.45 bits per heavy atom. The quantitative estimate of drug-likeness (QED) is 0.866. The fourth-order valence-electron chi connectivity index (χ4n) is 3.27. The van der Waals surface area contributed by atoms with Crippen LogP contribution in [0.5, 0.6) is 5.88 Å². The highest BCUT2D eigenvalue weighted by Crippen LogP contribution is 2.37. The van der Waals surface area contributed by atoms with Crippen molar-refractivity contribution in [1.82, 2.24) is 15.5 Å². The van der Waals surface area contributed by atoms with E-state index in [-0.39, 0.29) is 0 Å². The van der Waals surface area contributed by atoms with Crippen LogP contribution in [-0.4, -0.2) is 23.9 Å². The third-order valence-corrected chi connectivity index (χ3v) is 4.55. The molecular formula is C16H27N3O. The molecule has 2 rings (SSSR count). The van der Waals surface area contributed by atoms with Crippen molar-refractivity contribution < 1.29 is 4.74 Å². The molecule has 1 N–H and O–H groups in total. The van der Waals surface area contributed by atoms with Crippen LogP contribution in [0.25, 0.3) is 0 Å². The minimum atomic E-state index is 0.330. The molecule has 0 radical (unpaired) electrons. The molecule has 1 aliphatic carbocycles. The van der Waals surface area contributed by atoms with Crippen molar-refractivity contribution in [3.63, 3.8) is 0 Å². The van der Waals surface area contributed by atoms with E-state index in [0.29, 0.717) is 17.8 Å². The van der Waals surface area contributed by atoms with Gasteiger partial charge in [-0.1, -0.05) is 33.1 Å². The number of ether oxygens (including phenoxy) is 1. The molecule has 112 valence electrons. The van der Waals surface area contributed by atoms with E-state index in [1.54, 1.807) is 7.11 Å². The number of hydrogen-bond acceptors (Lipinski definition) is 4. The maximum absolute atomic E-state index is 5.09. The largest absolute Gasteiger partial charge is 0.480 e. The number of nitrogens with zero attached hydrogens (tertiary/aromatic N) is 2. The number of nitrogens with one attached hydrogen (secondary N) is 1. The lowest BCUT2D eigenvalue weighted by atomic mass is 9.77. The number of hydrogen-bond donors (Lipinski definition) is 1. The van der Waals surface area contributed by atoms with Gasteiger partial charge in [-0.2, -0.15) is 5.10 Å². The van der Waals surface area contributed by atoms with E-state index >= 15 is 0 Å². The molecular weight excluding hydrogens is 250 g/mol. The molecule has 1 aromatic rings. The lowest BCUT2D eigenvalue weighted by molar-refractivity contribution is 0.217. The number of aromatic nitrogens is 2. The molecule has 1 aliphatic rings. The SMILES string of the molecule is CCNC(c1ccc(OC)nn1)C1CCC(CC)CC1. The minimum absolute atomic E-state index is 0.330. The van der Waals surface area contributed by atoms with Crippen molar-refractivity contribution >= 4 is 0 Å². The van der Waals surface area contributed by atoms with E-state index in [0.717, 1.165) is 18.2 Å². The van der Waals surface area contributed by atoms with E-state index in [4.69, 9.17) is 4.74 Å². The van der Waals surface area contributed by atoms with E-state index in [2.05, 4.69) is 29.4 Å². The molecule has 4 nitrogen and oxygen atoms in total. The zero-order valence-electron chi connectivity index (χ0n) is 12.9. The van der Waals surface area contributed by atoms with Crippen LogP contribution in [0.1, 0.15) is 57.7 Å². The first-order valence-electron chi connectivity index (χ1n) is 7.89. The molecule has 0 amide bonds. The molecule has 0 aromatic carbocycles. The molecule has 1 heterocycles. The molecule has 0 spiro atoms. The predicted molar refractivity (Wildman–Crippen MR) is 80.7 cm³/mol. The van der Waals surface area contributed by atoms with Crippen molar-refractivity contribution in [2.24, 2.45) is 11.8 Å². The maximum atomic E-state index is 5.09. The second kappa shape index (κ2) is 7.58. The van der Waals surface area contributed by atoms with Gasteiger partial charge in [-0.25, -0.2) is 0 Å². The smallest absolute Gasteiger partial charge is 0.233 e. The van der Waals surface area contributed by atoms with Gasteiger partial charge in [0.1, 0.15) is 0 Å². The fraction of sp³-hybridized carbons (Fsp3) is 0.750. The predicted octanol–water partition coefficient (Wildman–Crippen LogP) is 3.35. The van der Waals surface area contributed by atoms with Crippen LogP contribution in [0.3, 0.4) is 0 Å². The van der Waals surface area contributed by atoms with Gasteiger partial charge >= 0.3 is 0 Å². The van der Waals surface area contributed by atoms with Crippen LogP contribution in [0.4, 0.5) is 0 Å². The van der Waals surface area contributed by atoms with Crippen molar-refractivity contribution in [3.8, 4) is 5.88 Å². The molecule has 1 atom stereocenters. The molecule has 1 unspecified atom stereocenters. The molecule has 1 saturated carbocycles. The molecule has 0 bridgehead atoms. The third kappa shape index (κ3) is 3.69. The van der Waals surface area contributed by atoms with Gasteiger partial charge in [0, 0.05) is 6.07 Å². The summed E-state index contributed by atoms with van der Waals surface area (Å²) < 4.78 is 5.09. The highest BCUT2D eigenvalue weighted by molar-refractivity contribution is 5.15. The first kappa shape index (κ1) is 15.2. The average molecular weight is 277 g/mol. The van der Waals surface area contributed by atoms with Crippen molar-refractivity contribution in [1.29, 1.82) is 0 Å². The highest BCUT2D eigenvalue weighted by Gasteiger charge is 2.28. The maximum Gasteiger partial charge on any atom is 0.233 e. The molecule has 0 saturated heterocycles. The Labute approximate surface area is 122 Å². The van der Waals surface area contributed by atoms with Gasteiger partial charge < -0.3 is 10.1 Å². The highest BCUT2D eigenvalue weighted by atomic mass is 16.5. The normalized spacial score (nSPS) is 24.4. The fourth-order valence-corrected chi connectivity index (χ4v) is 3.27. The first-order chi connectivity index (χ1) is 9.78. The van der Waals surface area contributed by atoms with Gasteiger partial charge in [0.15, 0.2) is 0 Å². The first-order valence-corrected chi connectivity index (χ1v) is 7.89. The average Bonchev–Trinajstić information content (AvgIpc) is 2.53. The lowest BCUT2D eigenvalue weighted by Gasteiger charge is -2.33. The third-order valence-electron chi connectivity index (χ3n) is 4.55. The van der Waals surface area contributed by atoms with Crippen molar-refractivity contribution in [2.45, 2.75) is 52.0 Å². The van der Waals surface area contributed by atoms with E-state index in [9.17, 15) is 0 Å². The van der Waals surface area contributed by atoms with E-state index < -0.39 is 0 Å². The van der Waals surface area contributed by atoms with Crippen LogP contribution >= 0.6 is 0 Å². The molecule has 1 fully saturated rings. The Kier molecular flexibility index (Phi) is 5.77. The summed E-state index contributed by atoms with van der Waals surface area (Å²) in [7, 11) is 1.62. The zero-order valence-corrected chi connectivity index (χ0v) is 12.9. The Morgan fingerprint density at radius 1 is 1.20 bits per heavy atom. The van der Waals surface area contributed by atoms with Gasteiger partial charge in [-0.3, -0.25) is 0 Å². The zero-order chi connectivity index (χ0) is 14.4. The number of rotatable bonds is 6. The summed E-state index contributed by atoms with van der Waals surface area (Å²) in [5, 5.41) is 12.1. The molecule has 20 heavy (non-hydrogen) atoms. The number of methoxy groups -OCH3 is 1. The molecule has 4 heteroatoms. The topological polar surface area (TPSA) is 47.0 Å². The van der Waals surface area contributed by atoms with Crippen LogP contribution in [0, 0.1) is 11.8 Å². The lowest BCUT2D eigenvalue weighted by Crippen LogP contribution is -2.31. The van der Waals surface area contributed by atoms with E-state index in [1.807, 2.05) is 12.1 Å². The summed E-state index contributed by atoms with van der Waals surface area (Å²) in [6.07, 6.45) is 6.62. The van der Waals surface area contributed by atoms with Gasteiger partial charge in [0.05, 0.1) is 18.8 Å². The van der Waals surface area contributed by atoms with Crippen molar-refractivity contribution in [3.05, 3.63) is 17.8 Å². The van der Waals surface area contributed by atoms with Gasteiger partial charge in [-0.15, -0.1) is 5.10 Å². The Hall–Kier alpha value is -1.16.